The zero-order chi connectivity index (χ0) is 21.6. The lowest BCUT2D eigenvalue weighted by Gasteiger charge is -2.38. The van der Waals surface area contributed by atoms with E-state index in [2.05, 4.69) is 11.2 Å². The first-order chi connectivity index (χ1) is 14.4. The minimum Gasteiger partial charge on any atom is -0.381 e. The first-order valence-electron chi connectivity index (χ1n) is 9.66. The Morgan fingerprint density at radius 1 is 1.10 bits per heavy atom. The Balaban J connectivity index is 0.00000341. The Morgan fingerprint density at radius 3 is 2.26 bits per heavy atom. The molecule has 0 radical (unpaired) electrons. The predicted molar refractivity (Wildman–Crippen MR) is 122 cm³/mol. The van der Waals surface area contributed by atoms with Crippen molar-refractivity contribution < 1.29 is 18.4 Å². The molecule has 2 aromatic carbocycles. The van der Waals surface area contributed by atoms with Gasteiger partial charge in [-0.3, -0.25) is 14.9 Å². The standard InChI is InChI=1S/C22H25N3O4S.ClH/c1-2-14-25-15-12-22(13-16-25,21(26)24-27)30(28,29)20-10-8-19(9-11-20)23-17-18-6-4-3-5-7-18;/h1,3-11,23,27H,12-17H2,(H,24,26);1H. The van der Waals surface area contributed by atoms with Crippen molar-refractivity contribution in [2.75, 3.05) is 25.0 Å². The summed E-state index contributed by atoms with van der Waals surface area (Å²) in [5, 5.41) is 12.5. The van der Waals surface area contributed by atoms with E-state index in [9.17, 15) is 18.4 Å². The summed E-state index contributed by atoms with van der Waals surface area (Å²) in [6, 6.07) is 16.2. The van der Waals surface area contributed by atoms with Gasteiger partial charge >= 0.3 is 0 Å². The van der Waals surface area contributed by atoms with Crippen LogP contribution >= 0.6 is 12.4 Å². The van der Waals surface area contributed by atoms with Crippen LogP contribution in [0.1, 0.15) is 18.4 Å². The van der Waals surface area contributed by atoms with Crippen molar-refractivity contribution in [1.29, 1.82) is 0 Å². The monoisotopic (exact) mass is 463 g/mol. The number of likely N-dealkylation sites (tertiary alicyclic amines) is 1. The fourth-order valence-electron chi connectivity index (χ4n) is 3.70. The van der Waals surface area contributed by atoms with Crippen LogP contribution in [0.5, 0.6) is 0 Å². The maximum absolute atomic E-state index is 13.4. The summed E-state index contributed by atoms with van der Waals surface area (Å²) in [6.45, 7) is 1.70. The third kappa shape index (κ3) is 5.20. The van der Waals surface area contributed by atoms with E-state index in [4.69, 9.17) is 6.42 Å². The molecule has 0 bridgehead atoms. The molecule has 1 saturated heterocycles. The van der Waals surface area contributed by atoms with Crippen LogP contribution in [0, 0.1) is 12.3 Å². The Hall–Kier alpha value is -2.57. The van der Waals surface area contributed by atoms with E-state index >= 15 is 0 Å². The minimum atomic E-state index is -4.04. The number of carbonyl (C=O) groups is 1. The van der Waals surface area contributed by atoms with Crippen LogP contribution in [0.15, 0.2) is 59.5 Å². The molecule has 0 aromatic heterocycles. The lowest BCUT2D eigenvalue weighted by Crippen LogP contribution is -2.57. The van der Waals surface area contributed by atoms with Crippen molar-refractivity contribution in [3.63, 3.8) is 0 Å². The molecule has 3 N–H and O–H groups in total. The van der Waals surface area contributed by atoms with Crippen LogP contribution in [0.2, 0.25) is 0 Å². The number of hydrogen-bond acceptors (Lipinski definition) is 6. The molecule has 3 rings (SSSR count). The van der Waals surface area contributed by atoms with E-state index < -0.39 is 20.5 Å². The summed E-state index contributed by atoms with van der Waals surface area (Å²) in [5.74, 6) is 1.62. The first kappa shape index (κ1) is 24.7. The third-order valence-corrected chi connectivity index (χ3v) is 8.03. The second-order valence-corrected chi connectivity index (χ2v) is 9.54. The molecule has 0 aliphatic carbocycles. The second-order valence-electron chi connectivity index (χ2n) is 7.28. The van der Waals surface area contributed by atoms with Crippen molar-refractivity contribution in [2.45, 2.75) is 29.0 Å². The molecular formula is C22H26ClN3O4S. The van der Waals surface area contributed by atoms with E-state index in [1.54, 1.807) is 17.6 Å². The fourth-order valence-corrected chi connectivity index (χ4v) is 5.65. The number of nitrogens with one attached hydrogen (secondary N) is 2. The Kier molecular flexibility index (Phi) is 8.48. The lowest BCUT2D eigenvalue weighted by atomic mass is 9.95. The average Bonchev–Trinajstić information content (AvgIpc) is 2.79. The van der Waals surface area contributed by atoms with Gasteiger partial charge in [-0.25, -0.2) is 13.9 Å². The van der Waals surface area contributed by atoms with Gasteiger partial charge in [-0.05, 0) is 42.7 Å². The molecule has 0 atom stereocenters. The van der Waals surface area contributed by atoms with Crippen LogP contribution < -0.4 is 10.8 Å². The number of nitrogens with zero attached hydrogens (tertiary/aromatic N) is 1. The highest BCUT2D eigenvalue weighted by atomic mass is 35.5. The number of amides is 1. The van der Waals surface area contributed by atoms with Crippen LogP contribution in [-0.2, 0) is 21.2 Å². The zero-order valence-corrected chi connectivity index (χ0v) is 18.6. The summed E-state index contributed by atoms with van der Waals surface area (Å²) in [6.07, 6.45) is 5.44. The molecule has 2 aromatic rings. The molecule has 9 heteroatoms. The molecule has 0 saturated carbocycles. The maximum Gasteiger partial charge on any atom is 0.265 e. The molecule has 31 heavy (non-hydrogen) atoms. The number of piperidine rings is 1. The smallest absolute Gasteiger partial charge is 0.265 e. The SMILES string of the molecule is C#CCN1CCC(C(=O)NO)(S(=O)(=O)c2ccc(NCc3ccccc3)cc2)CC1.Cl. The van der Waals surface area contributed by atoms with Crippen LogP contribution in [0.25, 0.3) is 0 Å². The highest BCUT2D eigenvalue weighted by molar-refractivity contribution is 7.93. The van der Waals surface area contributed by atoms with Gasteiger partial charge in [-0.2, -0.15) is 0 Å². The number of hydrogen-bond donors (Lipinski definition) is 3. The molecule has 0 spiro atoms. The number of benzene rings is 2. The van der Waals surface area contributed by atoms with Gasteiger partial charge < -0.3 is 5.32 Å². The summed E-state index contributed by atoms with van der Waals surface area (Å²) in [5.41, 5.74) is 3.43. The highest BCUT2D eigenvalue weighted by Crippen LogP contribution is 2.36. The number of anilines is 1. The van der Waals surface area contributed by atoms with Crippen molar-refractivity contribution in [3.8, 4) is 12.3 Å². The van der Waals surface area contributed by atoms with Gasteiger partial charge in [-0.15, -0.1) is 18.8 Å². The summed E-state index contributed by atoms with van der Waals surface area (Å²) >= 11 is 0. The molecule has 7 nitrogen and oxygen atoms in total. The normalized spacial score (nSPS) is 15.9. The molecule has 1 amide bonds. The number of halogens is 1. The van der Waals surface area contributed by atoms with E-state index in [1.165, 1.54) is 12.1 Å². The Labute approximate surface area is 189 Å². The zero-order valence-electron chi connectivity index (χ0n) is 17.0. The number of hydroxylamine groups is 1. The van der Waals surface area contributed by atoms with E-state index in [0.29, 0.717) is 26.2 Å². The van der Waals surface area contributed by atoms with Gasteiger partial charge in [0.2, 0.25) is 0 Å². The quantitative estimate of drug-likeness (QED) is 0.331. The van der Waals surface area contributed by atoms with E-state index in [-0.39, 0.29) is 30.1 Å². The topological polar surface area (TPSA) is 98.7 Å². The van der Waals surface area contributed by atoms with E-state index in [1.807, 2.05) is 35.2 Å². The van der Waals surface area contributed by atoms with Gasteiger partial charge in [0.25, 0.3) is 5.91 Å². The van der Waals surface area contributed by atoms with Crippen molar-refractivity contribution in [3.05, 3.63) is 60.2 Å². The second kappa shape index (κ2) is 10.6. The Morgan fingerprint density at radius 2 is 1.71 bits per heavy atom. The predicted octanol–water partition coefficient (Wildman–Crippen LogP) is 2.47. The van der Waals surface area contributed by atoms with E-state index in [0.717, 1.165) is 11.3 Å². The molecule has 166 valence electrons. The van der Waals surface area contributed by atoms with Crippen LogP contribution in [-0.4, -0.2) is 48.8 Å². The van der Waals surface area contributed by atoms with Gasteiger partial charge in [0.05, 0.1) is 11.4 Å². The van der Waals surface area contributed by atoms with Gasteiger partial charge in [0.15, 0.2) is 14.6 Å². The summed E-state index contributed by atoms with van der Waals surface area (Å²) in [7, 11) is -4.04. The van der Waals surface area contributed by atoms with Crippen LogP contribution in [0.4, 0.5) is 5.69 Å². The molecule has 1 aliphatic heterocycles. The maximum atomic E-state index is 13.4. The average molecular weight is 464 g/mol. The molecule has 1 aliphatic rings. The van der Waals surface area contributed by atoms with Gasteiger partial charge in [-0.1, -0.05) is 36.3 Å². The molecule has 1 heterocycles. The number of rotatable bonds is 7. The fraction of sp³-hybridized carbons (Fsp3) is 0.318. The third-order valence-electron chi connectivity index (χ3n) is 5.51. The lowest BCUT2D eigenvalue weighted by molar-refractivity contribution is -0.133. The largest absolute Gasteiger partial charge is 0.381 e. The van der Waals surface area contributed by atoms with Crippen molar-refractivity contribution >= 4 is 33.8 Å². The highest BCUT2D eigenvalue weighted by Gasteiger charge is 2.52. The summed E-state index contributed by atoms with van der Waals surface area (Å²) in [4.78, 5) is 14.4. The first-order valence-corrected chi connectivity index (χ1v) is 11.1. The number of terminal acetylenes is 1. The Bertz CT molecular complexity index is 1010. The van der Waals surface area contributed by atoms with Crippen molar-refractivity contribution in [2.24, 2.45) is 0 Å². The van der Waals surface area contributed by atoms with Gasteiger partial charge in [0.1, 0.15) is 0 Å². The number of sulfone groups is 1. The molecule has 1 fully saturated rings. The molecule has 0 unspecified atom stereocenters. The minimum absolute atomic E-state index is 0. The summed E-state index contributed by atoms with van der Waals surface area (Å²) < 4.78 is 25.1. The van der Waals surface area contributed by atoms with Crippen molar-refractivity contribution in [1.82, 2.24) is 10.4 Å². The molecular weight excluding hydrogens is 438 g/mol. The van der Waals surface area contributed by atoms with Crippen LogP contribution in [0.3, 0.4) is 0 Å². The number of carbonyl (C=O) groups excluding carboxylic acids is 1. The van der Waals surface area contributed by atoms with Gasteiger partial charge in [0, 0.05) is 25.3 Å².